The topological polar surface area (TPSA) is 9.86 Å². The second kappa shape index (κ2) is 10.6. The molecule has 2 aliphatic carbocycles. The van der Waals surface area contributed by atoms with E-state index in [2.05, 4.69) is 181 Å². The van der Waals surface area contributed by atoms with Crippen LogP contribution in [0.5, 0.6) is 0 Å². The van der Waals surface area contributed by atoms with Gasteiger partial charge in [-0.3, -0.25) is 0 Å². The molecule has 2 heterocycles. The van der Waals surface area contributed by atoms with Crippen molar-refractivity contribution in [2.75, 3.05) is 0 Å². The zero-order valence-corrected chi connectivity index (χ0v) is 27.8. The van der Waals surface area contributed by atoms with Gasteiger partial charge in [0.05, 0.1) is 16.6 Å². The Balaban J connectivity index is 0.972. The van der Waals surface area contributed by atoms with E-state index < -0.39 is 0 Å². The molecule has 0 saturated carbocycles. The van der Waals surface area contributed by atoms with E-state index in [0.717, 1.165) is 12.8 Å². The lowest BCUT2D eigenvalue weighted by Crippen LogP contribution is -2.15. The van der Waals surface area contributed by atoms with Crippen LogP contribution in [0.3, 0.4) is 0 Å². The fourth-order valence-corrected chi connectivity index (χ4v) is 8.58. The van der Waals surface area contributed by atoms with Gasteiger partial charge in [-0.25, -0.2) is 0 Å². The molecule has 234 valence electrons. The summed E-state index contributed by atoms with van der Waals surface area (Å²) in [6, 6.07) is 49.2. The average Bonchev–Trinajstić information content (AvgIpc) is 3.74. The molecule has 0 saturated heterocycles. The summed E-state index contributed by atoms with van der Waals surface area (Å²) in [7, 11) is 0. The van der Waals surface area contributed by atoms with Crippen LogP contribution < -0.4 is 0 Å². The second-order valence-corrected chi connectivity index (χ2v) is 14.1. The van der Waals surface area contributed by atoms with Crippen molar-refractivity contribution >= 4 is 50.9 Å². The number of nitrogens with zero attached hydrogens (tertiary/aromatic N) is 2. The molecule has 0 spiro atoms. The smallest absolute Gasteiger partial charge is 0.0541 e. The number of rotatable bonds is 4. The summed E-state index contributed by atoms with van der Waals surface area (Å²) in [5.74, 6) is 0. The third kappa shape index (κ3) is 4.20. The molecule has 2 aliphatic rings. The van der Waals surface area contributed by atoms with E-state index >= 15 is 0 Å². The molecule has 0 atom stereocenters. The molecule has 0 fully saturated rings. The molecule has 10 rings (SSSR count). The van der Waals surface area contributed by atoms with Gasteiger partial charge in [0.25, 0.3) is 0 Å². The molecule has 0 amide bonds. The number of hydrogen-bond acceptors (Lipinski definition) is 0. The quantitative estimate of drug-likeness (QED) is 0.172. The second-order valence-electron chi connectivity index (χ2n) is 14.1. The van der Waals surface area contributed by atoms with Crippen LogP contribution in [0.1, 0.15) is 53.8 Å². The summed E-state index contributed by atoms with van der Waals surface area (Å²) < 4.78 is 4.84. The van der Waals surface area contributed by atoms with Gasteiger partial charge in [0.15, 0.2) is 0 Å². The molecule has 8 aromatic rings. The van der Waals surface area contributed by atoms with Gasteiger partial charge < -0.3 is 9.13 Å². The molecule has 0 N–H and O–H groups in total. The molecular weight excluding hydrogens is 593 g/mol. The Hall–Kier alpha value is -5.86. The number of hydrogen-bond donors (Lipinski definition) is 0. The van der Waals surface area contributed by atoms with Gasteiger partial charge in [0.1, 0.15) is 0 Å². The molecule has 0 unspecified atom stereocenters. The average molecular weight is 629 g/mol. The number of fused-ring (bicyclic) bond motifs is 9. The summed E-state index contributed by atoms with van der Waals surface area (Å²) >= 11 is 0. The number of aryl methyl sites for hydroxylation is 1. The van der Waals surface area contributed by atoms with Crippen molar-refractivity contribution in [2.24, 2.45) is 0 Å². The third-order valence-electron chi connectivity index (χ3n) is 11.0. The predicted molar refractivity (Wildman–Crippen MR) is 208 cm³/mol. The van der Waals surface area contributed by atoms with Crippen LogP contribution in [-0.2, 0) is 11.8 Å². The van der Waals surface area contributed by atoms with E-state index in [-0.39, 0.29) is 5.41 Å². The number of benzene rings is 6. The predicted octanol–water partition coefficient (Wildman–Crippen LogP) is 12.2. The molecule has 2 heteroatoms. The highest BCUT2D eigenvalue weighted by atomic mass is 15.0. The van der Waals surface area contributed by atoms with E-state index in [1.165, 1.54) is 88.7 Å². The Morgan fingerprint density at radius 1 is 0.531 bits per heavy atom. The minimum absolute atomic E-state index is 0.104. The normalized spacial score (nSPS) is 14.6. The van der Waals surface area contributed by atoms with Gasteiger partial charge in [-0.1, -0.05) is 123 Å². The SMILES string of the molecule is CC1(C)c2cc(/C=C/c3ccc(-n4c5ccccc5c5ccccc54)cc3)ccc2-c2ccc(-n3c4c(c5ccccc53)CCC=C4)cc21. The van der Waals surface area contributed by atoms with Crippen molar-refractivity contribution in [3.63, 3.8) is 0 Å². The van der Waals surface area contributed by atoms with Crippen LogP contribution in [-0.4, -0.2) is 9.13 Å². The fraction of sp³-hybridized carbons (Fsp3) is 0.106. The largest absolute Gasteiger partial charge is 0.310 e. The first-order valence-electron chi connectivity index (χ1n) is 17.4. The number of allylic oxidation sites excluding steroid dienone is 1. The van der Waals surface area contributed by atoms with Gasteiger partial charge >= 0.3 is 0 Å². The minimum atomic E-state index is -0.104. The van der Waals surface area contributed by atoms with E-state index in [1.54, 1.807) is 0 Å². The number of para-hydroxylation sites is 3. The summed E-state index contributed by atoms with van der Waals surface area (Å²) in [6.07, 6.45) is 11.3. The Morgan fingerprint density at radius 2 is 1.08 bits per heavy atom. The van der Waals surface area contributed by atoms with Crippen LogP contribution in [0.2, 0.25) is 0 Å². The van der Waals surface area contributed by atoms with Gasteiger partial charge in [-0.2, -0.15) is 0 Å². The molecule has 6 aromatic carbocycles. The zero-order valence-electron chi connectivity index (χ0n) is 27.8. The first kappa shape index (κ1) is 28.2. The maximum absolute atomic E-state index is 2.47. The summed E-state index contributed by atoms with van der Waals surface area (Å²) in [6.45, 7) is 4.76. The van der Waals surface area contributed by atoms with Crippen molar-refractivity contribution in [2.45, 2.75) is 32.1 Å². The van der Waals surface area contributed by atoms with Crippen LogP contribution in [0, 0.1) is 0 Å². The lowest BCUT2D eigenvalue weighted by molar-refractivity contribution is 0.659. The molecule has 2 aromatic heterocycles. The van der Waals surface area contributed by atoms with Crippen molar-refractivity contribution in [3.05, 3.63) is 173 Å². The molecule has 2 nitrogen and oxygen atoms in total. The maximum Gasteiger partial charge on any atom is 0.0541 e. The Kier molecular flexibility index (Phi) is 6.08. The lowest BCUT2D eigenvalue weighted by Gasteiger charge is -2.23. The molecule has 49 heavy (non-hydrogen) atoms. The van der Waals surface area contributed by atoms with Gasteiger partial charge in [0.2, 0.25) is 0 Å². The highest BCUT2D eigenvalue weighted by molar-refractivity contribution is 6.09. The van der Waals surface area contributed by atoms with Gasteiger partial charge in [-0.15, -0.1) is 0 Å². The van der Waals surface area contributed by atoms with Gasteiger partial charge in [-0.05, 0) is 100 Å². The molecule has 0 aliphatic heterocycles. The van der Waals surface area contributed by atoms with Crippen LogP contribution in [0.25, 0.3) is 73.4 Å². The molecular formula is C47H36N2. The van der Waals surface area contributed by atoms with Crippen LogP contribution in [0.4, 0.5) is 0 Å². The fourth-order valence-electron chi connectivity index (χ4n) is 8.58. The third-order valence-corrected chi connectivity index (χ3v) is 11.0. The summed E-state index contributed by atoms with van der Waals surface area (Å²) in [5, 5.41) is 3.95. The monoisotopic (exact) mass is 628 g/mol. The van der Waals surface area contributed by atoms with E-state index in [9.17, 15) is 0 Å². The number of aromatic nitrogens is 2. The Labute approximate surface area is 286 Å². The van der Waals surface area contributed by atoms with E-state index in [1.807, 2.05) is 0 Å². The van der Waals surface area contributed by atoms with Crippen molar-refractivity contribution in [3.8, 4) is 22.5 Å². The Morgan fingerprint density at radius 3 is 1.80 bits per heavy atom. The van der Waals surface area contributed by atoms with Crippen molar-refractivity contribution in [1.82, 2.24) is 9.13 Å². The highest BCUT2D eigenvalue weighted by Gasteiger charge is 2.36. The minimum Gasteiger partial charge on any atom is -0.310 e. The van der Waals surface area contributed by atoms with E-state index in [0.29, 0.717) is 0 Å². The maximum atomic E-state index is 2.47. The zero-order chi connectivity index (χ0) is 32.7. The molecule has 0 radical (unpaired) electrons. The first-order valence-corrected chi connectivity index (χ1v) is 17.4. The van der Waals surface area contributed by atoms with Crippen LogP contribution >= 0.6 is 0 Å². The Bertz CT molecular complexity index is 2620. The highest BCUT2D eigenvalue weighted by Crippen LogP contribution is 2.50. The summed E-state index contributed by atoms with van der Waals surface area (Å²) in [4.78, 5) is 0. The molecule has 0 bridgehead atoms. The van der Waals surface area contributed by atoms with Crippen molar-refractivity contribution in [1.29, 1.82) is 0 Å². The van der Waals surface area contributed by atoms with Crippen molar-refractivity contribution < 1.29 is 0 Å². The first-order chi connectivity index (χ1) is 24.1. The van der Waals surface area contributed by atoms with E-state index in [4.69, 9.17) is 0 Å². The lowest BCUT2D eigenvalue weighted by atomic mass is 9.82. The van der Waals surface area contributed by atoms with Gasteiger partial charge in [0, 0.05) is 38.6 Å². The van der Waals surface area contributed by atoms with Crippen LogP contribution in [0.15, 0.2) is 140 Å². The standard InChI is InChI=1S/C47H36N2/c1-47(2)41-29-32(20-19-31-21-24-33(25-22-31)48-43-15-7-3-11-37(43)38-12-4-8-16-44(38)48)23-27-35(41)36-28-26-34(30-42(36)47)49-45-17-9-5-13-39(45)40-14-6-10-18-46(40)49/h3-5,7-13,15-30H,6,14H2,1-2H3/b20-19+. The summed E-state index contributed by atoms with van der Waals surface area (Å²) in [5.41, 5.74) is 16.8.